The SMILES string of the molecule is CCCCCCC(CCCC)CSCCCCCCCCCN(CCCO)CCCCCCCCCSCC(CCCC)CCCCCC. The average molecular weight is 728 g/mol. The summed E-state index contributed by atoms with van der Waals surface area (Å²) in [6.45, 7) is 13.2. The number of thioether (sulfide) groups is 2. The predicted octanol–water partition coefficient (Wildman–Crippen LogP) is 15.2. The van der Waals surface area contributed by atoms with Crippen molar-refractivity contribution in [2.75, 3.05) is 49.3 Å². The summed E-state index contributed by atoms with van der Waals surface area (Å²) in [6.07, 6.45) is 43.5. The average Bonchev–Trinajstić information content (AvgIpc) is 3.11. The van der Waals surface area contributed by atoms with Crippen molar-refractivity contribution in [2.45, 2.75) is 227 Å². The molecule has 0 aliphatic heterocycles. The minimum atomic E-state index is 0.337. The van der Waals surface area contributed by atoms with Crippen LogP contribution in [0.4, 0.5) is 0 Å². The van der Waals surface area contributed by atoms with E-state index in [1.165, 1.54) is 229 Å². The Morgan fingerprint density at radius 1 is 0.367 bits per heavy atom. The molecule has 0 fully saturated rings. The van der Waals surface area contributed by atoms with Crippen molar-refractivity contribution in [3.63, 3.8) is 0 Å². The van der Waals surface area contributed by atoms with Gasteiger partial charge in [-0.2, -0.15) is 23.5 Å². The zero-order valence-electron chi connectivity index (χ0n) is 34.4. The maximum absolute atomic E-state index is 9.40. The molecule has 0 aliphatic rings. The van der Waals surface area contributed by atoms with Gasteiger partial charge in [-0.15, -0.1) is 0 Å². The molecule has 0 rings (SSSR count). The van der Waals surface area contributed by atoms with Crippen molar-refractivity contribution in [1.82, 2.24) is 4.90 Å². The van der Waals surface area contributed by atoms with Crippen LogP contribution in [0.3, 0.4) is 0 Å². The lowest BCUT2D eigenvalue weighted by molar-refractivity contribution is 0.217. The summed E-state index contributed by atoms with van der Waals surface area (Å²) >= 11 is 4.51. The molecule has 0 spiro atoms. The number of rotatable bonds is 43. The van der Waals surface area contributed by atoms with Gasteiger partial charge in [0.15, 0.2) is 0 Å². The summed E-state index contributed by atoms with van der Waals surface area (Å²) in [5.41, 5.74) is 0. The fourth-order valence-corrected chi connectivity index (χ4v) is 9.79. The first-order valence-electron chi connectivity index (χ1n) is 22.7. The fourth-order valence-electron chi connectivity index (χ4n) is 7.30. The summed E-state index contributed by atoms with van der Waals surface area (Å²) < 4.78 is 0. The van der Waals surface area contributed by atoms with E-state index in [9.17, 15) is 5.11 Å². The molecular formula is C45H93NOS2. The van der Waals surface area contributed by atoms with Gasteiger partial charge >= 0.3 is 0 Å². The fraction of sp³-hybridized carbons (Fsp3) is 1.00. The molecule has 0 saturated heterocycles. The number of hydrogen-bond donors (Lipinski definition) is 1. The molecule has 0 radical (unpaired) electrons. The van der Waals surface area contributed by atoms with Crippen LogP contribution in [-0.4, -0.2) is 59.3 Å². The quantitative estimate of drug-likeness (QED) is 0.0632. The highest BCUT2D eigenvalue weighted by Gasteiger charge is 2.10. The second-order valence-corrected chi connectivity index (χ2v) is 18.0. The molecule has 2 atom stereocenters. The normalized spacial score (nSPS) is 13.1. The Labute approximate surface area is 320 Å². The molecule has 0 heterocycles. The van der Waals surface area contributed by atoms with E-state index in [0.717, 1.165) is 24.8 Å². The first-order chi connectivity index (χ1) is 24.2. The van der Waals surface area contributed by atoms with Crippen molar-refractivity contribution in [3.05, 3.63) is 0 Å². The van der Waals surface area contributed by atoms with Crippen LogP contribution in [0.1, 0.15) is 227 Å². The molecule has 0 saturated carbocycles. The minimum Gasteiger partial charge on any atom is -0.396 e. The Balaban J connectivity index is 3.77. The molecule has 0 aromatic rings. The Bertz CT molecular complexity index is 544. The Morgan fingerprint density at radius 2 is 0.694 bits per heavy atom. The van der Waals surface area contributed by atoms with Crippen molar-refractivity contribution < 1.29 is 5.11 Å². The molecule has 4 heteroatoms. The van der Waals surface area contributed by atoms with Crippen LogP contribution in [0, 0.1) is 11.8 Å². The van der Waals surface area contributed by atoms with Gasteiger partial charge in [0.1, 0.15) is 0 Å². The van der Waals surface area contributed by atoms with Crippen molar-refractivity contribution in [3.8, 4) is 0 Å². The van der Waals surface area contributed by atoms with Gasteiger partial charge in [0.2, 0.25) is 0 Å². The van der Waals surface area contributed by atoms with Crippen LogP contribution in [0.5, 0.6) is 0 Å². The van der Waals surface area contributed by atoms with Gasteiger partial charge in [0.25, 0.3) is 0 Å². The van der Waals surface area contributed by atoms with E-state index in [-0.39, 0.29) is 0 Å². The zero-order valence-corrected chi connectivity index (χ0v) is 36.1. The van der Waals surface area contributed by atoms with E-state index in [1.54, 1.807) is 0 Å². The highest BCUT2D eigenvalue weighted by atomic mass is 32.2. The lowest BCUT2D eigenvalue weighted by Crippen LogP contribution is -2.27. The molecule has 49 heavy (non-hydrogen) atoms. The standard InChI is InChI=1S/C45H93NOS2/c1-5-9-13-25-34-44(32-11-7-3)42-48-40-29-23-19-15-17-21-27-36-46(38-31-39-47)37-28-22-18-16-20-24-30-41-49-43-45(33-12-8-4)35-26-14-10-6-2/h44-45,47H,5-43H2,1-4H3. The Kier molecular flexibility index (Phi) is 43.6. The largest absolute Gasteiger partial charge is 0.396 e. The monoisotopic (exact) mass is 728 g/mol. The highest BCUT2D eigenvalue weighted by molar-refractivity contribution is 7.99. The van der Waals surface area contributed by atoms with Crippen LogP contribution < -0.4 is 0 Å². The zero-order chi connectivity index (χ0) is 35.7. The summed E-state index contributed by atoms with van der Waals surface area (Å²) in [6, 6.07) is 0. The maximum atomic E-state index is 9.40. The number of aliphatic hydroxyl groups is 1. The molecule has 296 valence electrons. The summed E-state index contributed by atoms with van der Waals surface area (Å²) in [4.78, 5) is 2.65. The van der Waals surface area contributed by atoms with Gasteiger partial charge in [0, 0.05) is 13.2 Å². The van der Waals surface area contributed by atoms with Crippen LogP contribution >= 0.6 is 23.5 Å². The number of hydrogen-bond acceptors (Lipinski definition) is 4. The van der Waals surface area contributed by atoms with Crippen LogP contribution in [0.25, 0.3) is 0 Å². The Hall–Kier alpha value is 0.620. The molecular weight excluding hydrogens is 635 g/mol. The van der Waals surface area contributed by atoms with E-state index >= 15 is 0 Å². The molecule has 2 nitrogen and oxygen atoms in total. The Morgan fingerprint density at radius 3 is 1.08 bits per heavy atom. The molecule has 0 aromatic heterocycles. The van der Waals surface area contributed by atoms with Crippen LogP contribution in [0.15, 0.2) is 0 Å². The van der Waals surface area contributed by atoms with E-state index in [4.69, 9.17) is 0 Å². The summed E-state index contributed by atoms with van der Waals surface area (Å²) in [5, 5.41) is 9.40. The first-order valence-corrected chi connectivity index (χ1v) is 25.0. The van der Waals surface area contributed by atoms with Crippen molar-refractivity contribution in [1.29, 1.82) is 0 Å². The van der Waals surface area contributed by atoms with E-state index in [0.29, 0.717) is 6.61 Å². The third-order valence-corrected chi connectivity index (χ3v) is 13.3. The topological polar surface area (TPSA) is 23.5 Å². The van der Waals surface area contributed by atoms with Crippen LogP contribution in [0.2, 0.25) is 0 Å². The highest BCUT2D eigenvalue weighted by Crippen LogP contribution is 2.24. The van der Waals surface area contributed by atoms with Crippen LogP contribution in [-0.2, 0) is 0 Å². The number of unbranched alkanes of at least 4 members (excludes halogenated alkanes) is 20. The van der Waals surface area contributed by atoms with Gasteiger partial charge in [-0.25, -0.2) is 0 Å². The summed E-state index contributed by atoms with van der Waals surface area (Å²) in [7, 11) is 0. The van der Waals surface area contributed by atoms with Gasteiger partial charge in [-0.1, -0.05) is 169 Å². The third kappa shape index (κ3) is 38.2. The summed E-state index contributed by atoms with van der Waals surface area (Å²) in [5.74, 6) is 7.55. The maximum Gasteiger partial charge on any atom is 0.0443 e. The molecule has 1 N–H and O–H groups in total. The van der Waals surface area contributed by atoms with Gasteiger partial charge in [-0.05, 0) is 106 Å². The molecule has 0 aliphatic carbocycles. The predicted molar refractivity (Wildman–Crippen MR) is 231 cm³/mol. The molecule has 0 bridgehead atoms. The van der Waals surface area contributed by atoms with Gasteiger partial charge < -0.3 is 10.0 Å². The van der Waals surface area contributed by atoms with E-state index < -0.39 is 0 Å². The number of nitrogens with zero attached hydrogens (tertiary/aromatic N) is 1. The van der Waals surface area contributed by atoms with Gasteiger partial charge in [-0.3, -0.25) is 0 Å². The molecule has 2 unspecified atom stereocenters. The van der Waals surface area contributed by atoms with E-state index in [2.05, 4.69) is 56.1 Å². The lowest BCUT2D eigenvalue weighted by atomic mass is 9.97. The number of aliphatic hydroxyl groups excluding tert-OH is 1. The second-order valence-electron chi connectivity index (χ2n) is 15.7. The first kappa shape index (κ1) is 49.6. The van der Waals surface area contributed by atoms with Crippen molar-refractivity contribution in [2.24, 2.45) is 11.8 Å². The lowest BCUT2D eigenvalue weighted by Gasteiger charge is -2.22. The second kappa shape index (κ2) is 43.0. The minimum absolute atomic E-state index is 0.337. The van der Waals surface area contributed by atoms with Gasteiger partial charge in [0.05, 0.1) is 0 Å². The molecule has 0 amide bonds. The van der Waals surface area contributed by atoms with Crippen molar-refractivity contribution >= 4 is 23.5 Å². The third-order valence-electron chi connectivity index (χ3n) is 10.7. The smallest absolute Gasteiger partial charge is 0.0443 e. The molecule has 0 aromatic carbocycles. The van der Waals surface area contributed by atoms with E-state index in [1.807, 2.05) is 0 Å².